The molecule has 0 saturated heterocycles. The molecule has 1 aromatic heterocycles. The van der Waals surface area contributed by atoms with Crippen LogP contribution in [0.25, 0.3) is 0 Å². The lowest BCUT2D eigenvalue weighted by Crippen LogP contribution is -2.18. The van der Waals surface area contributed by atoms with Crippen LogP contribution in [0.2, 0.25) is 0 Å². The third-order valence-corrected chi connectivity index (χ3v) is 5.22. The van der Waals surface area contributed by atoms with Crippen molar-refractivity contribution in [1.29, 1.82) is 0 Å². The molecule has 24 heavy (non-hydrogen) atoms. The van der Waals surface area contributed by atoms with E-state index in [4.69, 9.17) is 0 Å². The molecule has 1 aliphatic rings. The van der Waals surface area contributed by atoms with Gasteiger partial charge in [0, 0.05) is 11.3 Å². The molecule has 1 aliphatic carbocycles. The Morgan fingerprint density at radius 1 is 0.958 bits per heavy atom. The smallest absolute Gasteiger partial charge is 0.229 e. The lowest BCUT2D eigenvalue weighted by atomic mass is 10.0. The Balaban J connectivity index is 1.59. The fraction of sp³-hybridized carbons (Fsp3) is 0.368. The summed E-state index contributed by atoms with van der Waals surface area (Å²) in [6.45, 7) is 0. The standard InChI is InChI=1S/C19H22N2O2S/c22-18(12-14-6-1-2-7-14)20-16-9-3-4-10-17(16)21-19(23)13-15-8-5-11-24-15/h3-5,8-11,14H,1-2,6-7,12-13H2,(H,20,22)(H,21,23). The van der Waals surface area contributed by atoms with Gasteiger partial charge in [0.25, 0.3) is 0 Å². The summed E-state index contributed by atoms with van der Waals surface area (Å²) < 4.78 is 0. The maximum absolute atomic E-state index is 12.2. The molecule has 0 atom stereocenters. The van der Waals surface area contributed by atoms with Gasteiger partial charge in [-0.2, -0.15) is 0 Å². The molecule has 126 valence electrons. The summed E-state index contributed by atoms with van der Waals surface area (Å²) in [4.78, 5) is 25.4. The predicted octanol–water partition coefficient (Wildman–Crippen LogP) is 4.45. The molecule has 0 spiro atoms. The highest BCUT2D eigenvalue weighted by molar-refractivity contribution is 7.10. The molecular formula is C19H22N2O2S. The average molecular weight is 342 g/mol. The van der Waals surface area contributed by atoms with Gasteiger partial charge in [-0.25, -0.2) is 0 Å². The number of carbonyl (C=O) groups is 2. The number of carbonyl (C=O) groups excluding carboxylic acids is 2. The van der Waals surface area contributed by atoms with Crippen LogP contribution in [0.15, 0.2) is 41.8 Å². The minimum atomic E-state index is -0.0741. The summed E-state index contributed by atoms with van der Waals surface area (Å²) in [5.74, 6) is 0.461. The van der Waals surface area contributed by atoms with Crippen molar-refractivity contribution >= 4 is 34.5 Å². The molecule has 2 aromatic rings. The average Bonchev–Trinajstić information content (AvgIpc) is 3.23. The molecule has 0 aliphatic heterocycles. The highest BCUT2D eigenvalue weighted by atomic mass is 32.1. The van der Waals surface area contributed by atoms with Gasteiger partial charge in [-0.3, -0.25) is 9.59 Å². The number of para-hydroxylation sites is 2. The van der Waals surface area contributed by atoms with Crippen LogP contribution in [0.3, 0.4) is 0 Å². The van der Waals surface area contributed by atoms with Gasteiger partial charge >= 0.3 is 0 Å². The molecular weight excluding hydrogens is 320 g/mol. The fourth-order valence-corrected chi connectivity index (χ4v) is 3.85. The zero-order chi connectivity index (χ0) is 16.8. The van der Waals surface area contributed by atoms with E-state index in [0.29, 0.717) is 30.1 Å². The number of amides is 2. The Kier molecular flexibility index (Phi) is 5.64. The summed E-state index contributed by atoms with van der Waals surface area (Å²) >= 11 is 1.56. The van der Waals surface area contributed by atoms with Gasteiger partial charge in [0.2, 0.25) is 11.8 Å². The molecule has 1 fully saturated rings. The highest BCUT2D eigenvalue weighted by Crippen LogP contribution is 2.28. The Hall–Kier alpha value is -2.14. The normalized spacial score (nSPS) is 14.5. The zero-order valence-electron chi connectivity index (χ0n) is 13.6. The second-order valence-electron chi connectivity index (χ2n) is 6.25. The molecule has 1 heterocycles. The van der Waals surface area contributed by atoms with Crippen molar-refractivity contribution in [3.8, 4) is 0 Å². The van der Waals surface area contributed by atoms with E-state index < -0.39 is 0 Å². The highest BCUT2D eigenvalue weighted by Gasteiger charge is 2.19. The van der Waals surface area contributed by atoms with E-state index in [1.54, 1.807) is 11.3 Å². The number of hydrogen-bond donors (Lipinski definition) is 2. The Morgan fingerprint density at radius 3 is 2.25 bits per heavy atom. The van der Waals surface area contributed by atoms with Crippen LogP contribution >= 0.6 is 11.3 Å². The van der Waals surface area contributed by atoms with E-state index >= 15 is 0 Å². The Morgan fingerprint density at radius 2 is 1.62 bits per heavy atom. The Bertz CT molecular complexity index is 691. The van der Waals surface area contributed by atoms with Gasteiger partial charge < -0.3 is 10.6 Å². The van der Waals surface area contributed by atoms with E-state index in [1.165, 1.54) is 12.8 Å². The van der Waals surface area contributed by atoms with Crippen LogP contribution in [0, 0.1) is 5.92 Å². The van der Waals surface area contributed by atoms with Gasteiger partial charge in [-0.05, 0) is 42.3 Å². The van der Waals surface area contributed by atoms with E-state index in [-0.39, 0.29) is 11.8 Å². The Labute approximate surface area is 146 Å². The summed E-state index contributed by atoms with van der Waals surface area (Å²) in [6.07, 6.45) is 5.67. The van der Waals surface area contributed by atoms with E-state index in [0.717, 1.165) is 17.7 Å². The first kappa shape index (κ1) is 16.7. The third-order valence-electron chi connectivity index (χ3n) is 4.34. The third kappa shape index (κ3) is 4.68. The summed E-state index contributed by atoms with van der Waals surface area (Å²) in [6, 6.07) is 11.2. The number of hydrogen-bond acceptors (Lipinski definition) is 3. The molecule has 1 saturated carbocycles. The van der Waals surface area contributed by atoms with Gasteiger partial charge in [0.1, 0.15) is 0 Å². The van der Waals surface area contributed by atoms with Gasteiger partial charge in [0.05, 0.1) is 17.8 Å². The van der Waals surface area contributed by atoms with Crippen LogP contribution in [0.1, 0.15) is 37.0 Å². The largest absolute Gasteiger partial charge is 0.324 e. The number of benzene rings is 1. The minimum absolute atomic E-state index is 0.0295. The van der Waals surface area contributed by atoms with Gasteiger partial charge in [-0.1, -0.05) is 31.0 Å². The molecule has 5 heteroatoms. The van der Waals surface area contributed by atoms with E-state index in [2.05, 4.69) is 10.6 Å². The van der Waals surface area contributed by atoms with Crippen molar-refractivity contribution < 1.29 is 9.59 Å². The molecule has 1 aromatic carbocycles. The van der Waals surface area contributed by atoms with Crippen LogP contribution in [0.5, 0.6) is 0 Å². The lowest BCUT2D eigenvalue weighted by molar-refractivity contribution is -0.117. The van der Waals surface area contributed by atoms with E-state index in [1.807, 2.05) is 41.8 Å². The summed E-state index contributed by atoms with van der Waals surface area (Å²) in [7, 11) is 0. The quantitative estimate of drug-likeness (QED) is 0.815. The lowest BCUT2D eigenvalue weighted by Gasteiger charge is -2.13. The predicted molar refractivity (Wildman–Crippen MR) is 98.3 cm³/mol. The van der Waals surface area contributed by atoms with Crippen molar-refractivity contribution in [2.45, 2.75) is 38.5 Å². The van der Waals surface area contributed by atoms with Crippen LogP contribution in [-0.2, 0) is 16.0 Å². The van der Waals surface area contributed by atoms with Gasteiger partial charge in [-0.15, -0.1) is 11.3 Å². The van der Waals surface area contributed by atoms with Crippen molar-refractivity contribution in [3.05, 3.63) is 46.7 Å². The maximum Gasteiger partial charge on any atom is 0.229 e. The maximum atomic E-state index is 12.2. The van der Waals surface area contributed by atoms with Crippen LogP contribution in [-0.4, -0.2) is 11.8 Å². The first-order valence-electron chi connectivity index (χ1n) is 8.42. The monoisotopic (exact) mass is 342 g/mol. The molecule has 4 nitrogen and oxygen atoms in total. The van der Waals surface area contributed by atoms with Crippen LogP contribution < -0.4 is 10.6 Å². The van der Waals surface area contributed by atoms with E-state index in [9.17, 15) is 9.59 Å². The van der Waals surface area contributed by atoms with Crippen molar-refractivity contribution in [3.63, 3.8) is 0 Å². The minimum Gasteiger partial charge on any atom is -0.324 e. The number of thiophene rings is 1. The molecule has 3 rings (SSSR count). The second kappa shape index (κ2) is 8.11. The molecule has 2 amide bonds. The molecule has 0 bridgehead atoms. The number of nitrogens with one attached hydrogen (secondary N) is 2. The molecule has 0 radical (unpaired) electrons. The van der Waals surface area contributed by atoms with Crippen molar-refractivity contribution in [2.24, 2.45) is 5.92 Å². The number of anilines is 2. The molecule has 0 unspecified atom stereocenters. The summed E-state index contributed by atoms with van der Waals surface area (Å²) in [5, 5.41) is 7.81. The van der Waals surface area contributed by atoms with Gasteiger partial charge in [0.15, 0.2) is 0 Å². The summed E-state index contributed by atoms with van der Waals surface area (Å²) in [5.41, 5.74) is 1.32. The second-order valence-corrected chi connectivity index (χ2v) is 7.28. The number of rotatable bonds is 6. The van der Waals surface area contributed by atoms with Crippen LogP contribution in [0.4, 0.5) is 11.4 Å². The molecule has 2 N–H and O–H groups in total. The SMILES string of the molecule is O=C(Cc1cccs1)Nc1ccccc1NC(=O)CC1CCCC1. The zero-order valence-corrected chi connectivity index (χ0v) is 14.4. The fourth-order valence-electron chi connectivity index (χ4n) is 3.14. The van der Waals surface area contributed by atoms with Crippen molar-refractivity contribution in [2.75, 3.05) is 10.6 Å². The first-order valence-corrected chi connectivity index (χ1v) is 9.30. The first-order chi connectivity index (χ1) is 11.7. The van der Waals surface area contributed by atoms with Crippen molar-refractivity contribution in [1.82, 2.24) is 0 Å². The topological polar surface area (TPSA) is 58.2 Å².